The van der Waals surface area contributed by atoms with Crippen LogP contribution in [0.4, 0.5) is 17.5 Å². The van der Waals surface area contributed by atoms with Crippen molar-refractivity contribution in [3.63, 3.8) is 0 Å². The number of fused-ring (bicyclic) bond motifs is 1. The highest BCUT2D eigenvalue weighted by molar-refractivity contribution is 6.04. The van der Waals surface area contributed by atoms with Crippen molar-refractivity contribution in [1.29, 1.82) is 0 Å². The number of amides is 2. The minimum Gasteiger partial charge on any atom is -0.351 e. The Hall–Kier alpha value is -2.38. The van der Waals surface area contributed by atoms with Crippen molar-refractivity contribution in [2.45, 2.75) is 83.8 Å². The highest BCUT2D eigenvalue weighted by Crippen LogP contribution is 2.40. The molecule has 2 amide bonds. The first kappa shape index (κ1) is 21.8. The fourth-order valence-electron chi connectivity index (χ4n) is 5.49. The molecule has 0 bridgehead atoms. The number of likely N-dealkylation sites (N-methyl/N-ethyl adjacent to an activating group) is 1. The Kier molecular flexibility index (Phi) is 6.34. The van der Waals surface area contributed by atoms with Crippen molar-refractivity contribution in [2.75, 3.05) is 35.3 Å². The molecule has 0 spiro atoms. The molecule has 1 saturated heterocycles. The van der Waals surface area contributed by atoms with E-state index in [0.29, 0.717) is 17.9 Å². The number of carbonyl (C=O) groups is 2. The maximum Gasteiger partial charge on any atom is 0.249 e. The minimum atomic E-state index is -0.156. The molecular formula is C23H36N6O2. The van der Waals surface area contributed by atoms with Gasteiger partial charge in [0.05, 0.1) is 6.20 Å². The summed E-state index contributed by atoms with van der Waals surface area (Å²) in [6.45, 7) is 7.54. The number of likely N-dealkylation sites (tertiary alicyclic amines) is 1. The summed E-state index contributed by atoms with van der Waals surface area (Å²) in [5.74, 6) is 2.29. The number of nitrogens with one attached hydrogen (secondary N) is 1. The van der Waals surface area contributed by atoms with Gasteiger partial charge in [0.1, 0.15) is 11.7 Å². The molecule has 2 aliphatic heterocycles. The topological polar surface area (TPSA) is 81.7 Å². The molecule has 3 aliphatic rings. The molecule has 1 unspecified atom stereocenters. The quantitative estimate of drug-likeness (QED) is 0.776. The summed E-state index contributed by atoms with van der Waals surface area (Å²) < 4.78 is 0. The van der Waals surface area contributed by atoms with E-state index < -0.39 is 0 Å². The van der Waals surface area contributed by atoms with E-state index in [1.807, 2.05) is 11.9 Å². The number of piperidine rings is 1. The Morgan fingerprint density at radius 2 is 1.90 bits per heavy atom. The lowest BCUT2D eigenvalue weighted by atomic mass is 9.90. The third-order valence-electron chi connectivity index (χ3n) is 7.46. The van der Waals surface area contributed by atoms with Crippen LogP contribution < -0.4 is 15.1 Å². The third kappa shape index (κ3) is 4.21. The van der Waals surface area contributed by atoms with Gasteiger partial charge in [-0.3, -0.25) is 9.59 Å². The van der Waals surface area contributed by atoms with E-state index in [1.54, 1.807) is 18.0 Å². The molecule has 2 atom stereocenters. The molecule has 31 heavy (non-hydrogen) atoms. The van der Waals surface area contributed by atoms with E-state index in [0.717, 1.165) is 56.7 Å². The second-order valence-corrected chi connectivity index (χ2v) is 9.35. The van der Waals surface area contributed by atoms with Gasteiger partial charge < -0.3 is 20.0 Å². The average molecular weight is 429 g/mol. The summed E-state index contributed by atoms with van der Waals surface area (Å²) in [5.41, 5.74) is 0.801. The second kappa shape index (κ2) is 9.01. The van der Waals surface area contributed by atoms with Crippen LogP contribution in [0.15, 0.2) is 6.20 Å². The van der Waals surface area contributed by atoms with E-state index in [4.69, 9.17) is 4.98 Å². The predicted octanol–water partition coefficient (Wildman–Crippen LogP) is 3.04. The smallest absolute Gasteiger partial charge is 0.249 e. The fraction of sp³-hybridized carbons (Fsp3) is 0.739. The van der Waals surface area contributed by atoms with Crippen molar-refractivity contribution in [3.8, 4) is 0 Å². The van der Waals surface area contributed by atoms with Gasteiger partial charge in [-0.05, 0) is 44.9 Å². The van der Waals surface area contributed by atoms with E-state index in [2.05, 4.69) is 29.0 Å². The molecule has 2 fully saturated rings. The van der Waals surface area contributed by atoms with Gasteiger partial charge in [-0.15, -0.1) is 0 Å². The molecule has 1 aromatic rings. The summed E-state index contributed by atoms with van der Waals surface area (Å²) in [5, 5.41) is 3.52. The Morgan fingerprint density at radius 3 is 2.52 bits per heavy atom. The average Bonchev–Trinajstić information content (AvgIpc) is 3.30. The zero-order valence-electron chi connectivity index (χ0n) is 19.3. The zero-order chi connectivity index (χ0) is 22.1. The summed E-state index contributed by atoms with van der Waals surface area (Å²) in [4.78, 5) is 40.1. The SMILES string of the molecule is CC[C@@H]1C(=O)N(C)c2cnc(NC(C)C3CCN(C(C)=O)CC3)nc2N1C1CCCC1. The Labute approximate surface area is 185 Å². The maximum absolute atomic E-state index is 13.0. The van der Waals surface area contributed by atoms with Crippen molar-refractivity contribution >= 4 is 29.3 Å². The maximum atomic E-state index is 13.0. The van der Waals surface area contributed by atoms with Crippen LogP contribution in [0.1, 0.15) is 65.7 Å². The molecule has 8 nitrogen and oxygen atoms in total. The number of hydrogen-bond donors (Lipinski definition) is 1. The van der Waals surface area contributed by atoms with Crippen LogP contribution in [-0.4, -0.2) is 64.9 Å². The van der Waals surface area contributed by atoms with Crippen LogP contribution >= 0.6 is 0 Å². The predicted molar refractivity (Wildman–Crippen MR) is 122 cm³/mol. The van der Waals surface area contributed by atoms with Crippen LogP contribution in [0.2, 0.25) is 0 Å². The Bertz CT molecular complexity index is 816. The van der Waals surface area contributed by atoms with Crippen molar-refractivity contribution in [3.05, 3.63) is 6.20 Å². The zero-order valence-corrected chi connectivity index (χ0v) is 19.3. The van der Waals surface area contributed by atoms with Gasteiger partial charge in [0, 0.05) is 39.1 Å². The normalized spacial score (nSPS) is 23.8. The van der Waals surface area contributed by atoms with Crippen LogP contribution in [0.5, 0.6) is 0 Å². The molecule has 3 heterocycles. The molecule has 8 heteroatoms. The number of rotatable bonds is 5. The summed E-state index contributed by atoms with van der Waals surface area (Å²) in [7, 11) is 1.83. The van der Waals surface area contributed by atoms with Crippen LogP contribution in [0.3, 0.4) is 0 Å². The molecule has 170 valence electrons. The van der Waals surface area contributed by atoms with Crippen molar-refractivity contribution in [1.82, 2.24) is 14.9 Å². The minimum absolute atomic E-state index is 0.136. The van der Waals surface area contributed by atoms with Crippen LogP contribution in [0.25, 0.3) is 0 Å². The fourth-order valence-corrected chi connectivity index (χ4v) is 5.49. The van der Waals surface area contributed by atoms with Crippen molar-refractivity contribution < 1.29 is 9.59 Å². The van der Waals surface area contributed by atoms with E-state index in [9.17, 15) is 9.59 Å². The second-order valence-electron chi connectivity index (χ2n) is 9.35. The van der Waals surface area contributed by atoms with Gasteiger partial charge in [-0.2, -0.15) is 4.98 Å². The first-order valence-electron chi connectivity index (χ1n) is 11.9. The summed E-state index contributed by atoms with van der Waals surface area (Å²) in [6.07, 6.45) is 9.20. The largest absolute Gasteiger partial charge is 0.351 e. The number of aromatic nitrogens is 2. The standard InChI is InChI=1S/C23H36N6O2/c1-5-19-22(31)27(4)20-14-24-23(26-21(20)29(19)18-8-6-7-9-18)25-15(2)17-10-12-28(13-11-17)16(3)30/h14-15,17-19H,5-13H2,1-4H3,(H,24,25,26)/t15?,19-/m1/s1. The number of carbonyl (C=O) groups excluding carboxylic acids is 2. The van der Waals surface area contributed by atoms with Crippen LogP contribution in [-0.2, 0) is 9.59 Å². The molecular weight excluding hydrogens is 392 g/mol. The number of hydrogen-bond acceptors (Lipinski definition) is 6. The molecule has 1 aromatic heterocycles. The van der Waals surface area contributed by atoms with Gasteiger partial charge in [0.25, 0.3) is 0 Å². The van der Waals surface area contributed by atoms with Gasteiger partial charge in [0.2, 0.25) is 17.8 Å². The summed E-state index contributed by atoms with van der Waals surface area (Å²) in [6, 6.07) is 0.436. The first-order valence-corrected chi connectivity index (χ1v) is 11.9. The van der Waals surface area contributed by atoms with Gasteiger partial charge in [-0.25, -0.2) is 4.98 Å². The van der Waals surface area contributed by atoms with Gasteiger partial charge in [-0.1, -0.05) is 19.8 Å². The molecule has 1 aliphatic carbocycles. The van der Waals surface area contributed by atoms with E-state index >= 15 is 0 Å². The van der Waals surface area contributed by atoms with Crippen LogP contribution in [0, 0.1) is 5.92 Å². The van der Waals surface area contributed by atoms with Crippen molar-refractivity contribution in [2.24, 2.45) is 5.92 Å². The number of anilines is 3. The highest BCUT2D eigenvalue weighted by Gasteiger charge is 2.41. The Balaban J connectivity index is 1.54. The van der Waals surface area contributed by atoms with E-state index in [1.165, 1.54) is 12.8 Å². The molecule has 1 N–H and O–H groups in total. The Morgan fingerprint density at radius 1 is 1.23 bits per heavy atom. The molecule has 4 rings (SSSR count). The molecule has 1 saturated carbocycles. The lowest BCUT2D eigenvalue weighted by Crippen LogP contribution is -2.55. The van der Waals surface area contributed by atoms with Gasteiger partial charge in [0.15, 0.2) is 5.82 Å². The summed E-state index contributed by atoms with van der Waals surface area (Å²) >= 11 is 0. The lowest BCUT2D eigenvalue weighted by molar-refractivity contribution is -0.130. The third-order valence-corrected chi connectivity index (χ3v) is 7.46. The first-order chi connectivity index (χ1) is 14.9. The lowest BCUT2D eigenvalue weighted by Gasteiger charge is -2.43. The monoisotopic (exact) mass is 428 g/mol. The number of nitrogens with zero attached hydrogens (tertiary/aromatic N) is 5. The van der Waals surface area contributed by atoms with Gasteiger partial charge >= 0.3 is 0 Å². The highest BCUT2D eigenvalue weighted by atomic mass is 16.2. The molecule has 0 aromatic carbocycles. The molecule has 0 radical (unpaired) electrons. The van der Waals surface area contributed by atoms with E-state index in [-0.39, 0.29) is 23.9 Å².